The zero-order valence-corrected chi connectivity index (χ0v) is 11.0. The van der Waals surface area contributed by atoms with E-state index in [1.54, 1.807) is 0 Å². The van der Waals surface area contributed by atoms with Crippen LogP contribution in [0.2, 0.25) is 5.82 Å². The van der Waals surface area contributed by atoms with Gasteiger partial charge in [-0.2, -0.15) is 0 Å². The van der Waals surface area contributed by atoms with Crippen molar-refractivity contribution in [2.24, 2.45) is 0 Å². The Balaban J connectivity index is 0.000000423. The van der Waals surface area contributed by atoms with Gasteiger partial charge < -0.3 is 4.90 Å². The number of hydrogen-bond donors (Lipinski definition) is 0. The third kappa shape index (κ3) is 9.55. The van der Waals surface area contributed by atoms with Crippen molar-refractivity contribution in [3.05, 3.63) is 35.4 Å². The Labute approximate surface area is 95.9 Å². The molecule has 0 fully saturated rings. The molecule has 0 amide bonds. The van der Waals surface area contributed by atoms with Crippen molar-refractivity contribution in [1.29, 1.82) is 0 Å². The normalized spacial score (nSPS) is 11.9. The lowest BCUT2D eigenvalue weighted by molar-refractivity contribution is 0.505. The maximum Gasteiger partial charge on any atom is 0.105 e. The van der Waals surface area contributed by atoms with E-state index < -0.39 is 0 Å². The average Bonchev–Trinajstić information content (AvgIpc) is 2.07. The highest BCUT2D eigenvalue weighted by Gasteiger charge is 1.95. The van der Waals surface area contributed by atoms with Crippen LogP contribution in [0.4, 0.5) is 0 Å². The molecule has 0 aliphatic heterocycles. The largest absolute Gasteiger partial charge is 0.312 e. The van der Waals surface area contributed by atoms with E-state index in [4.69, 9.17) is 0 Å². The van der Waals surface area contributed by atoms with Gasteiger partial charge in [0.15, 0.2) is 0 Å². The summed E-state index contributed by atoms with van der Waals surface area (Å²) in [7, 11) is 8.25. The molecule has 84 valence electrons. The molecule has 1 rings (SSSR count). The number of nitrogens with zero attached hydrogens (tertiary/aromatic N) is 1. The Morgan fingerprint density at radius 3 is 1.87 bits per heavy atom. The van der Waals surface area contributed by atoms with Crippen LogP contribution in [-0.2, 0) is 6.42 Å². The lowest BCUT2D eigenvalue weighted by Crippen LogP contribution is -1.99. The zero-order valence-electron chi connectivity index (χ0n) is 11.0. The standard InChI is InChI=1S/C10H15B.C3H9N/c1-8-3-5-10(6-4-8)7-9(2)11;1-4(2)3/h3-6,9H,7,11H2,1-2H3;1-3H3. The highest BCUT2D eigenvalue weighted by Crippen LogP contribution is 2.10. The summed E-state index contributed by atoms with van der Waals surface area (Å²) in [6.07, 6.45) is 1.19. The van der Waals surface area contributed by atoms with Crippen LogP contribution in [0.1, 0.15) is 18.1 Å². The van der Waals surface area contributed by atoms with Gasteiger partial charge in [-0.1, -0.05) is 42.6 Å². The number of rotatable bonds is 2. The Kier molecular flexibility index (Phi) is 7.15. The van der Waals surface area contributed by atoms with Crippen LogP contribution in [-0.4, -0.2) is 33.9 Å². The van der Waals surface area contributed by atoms with E-state index in [1.807, 2.05) is 26.0 Å². The lowest BCUT2D eigenvalue weighted by Gasteiger charge is -2.03. The predicted octanol–water partition coefficient (Wildman–Crippen LogP) is 2.16. The van der Waals surface area contributed by atoms with Gasteiger partial charge in [0.25, 0.3) is 0 Å². The molecule has 0 aromatic heterocycles. The fraction of sp³-hybridized carbons (Fsp3) is 0.538. The molecule has 0 spiro atoms. The van der Waals surface area contributed by atoms with Crippen molar-refractivity contribution in [2.75, 3.05) is 21.1 Å². The second-order valence-electron chi connectivity index (χ2n) is 4.93. The van der Waals surface area contributed by atoms with Crippen LogP contribution >= 0.6 is 0 Å². The average molecular weight is 205 g/mol. The molecule has 1 atom stereocenters. The van der Waals surface area contributed by atoms with E-state index in [-0.39, 0.29) is 0 Å². The minimum atomic E-state index is 0.762. The summed E-state index contributed by atoms with van der Waals surface area (Å²) in [6.45, 7) is 4.37. The molecule has 15 heavy (non-hydrogen) atoms. The molecule has 0 N–H and O–H groups in total. The number of benzene rings is 1. The molecule has 0 aliphatic carbocycles. The third-order valence-corrected chi connectivity index (χ3v) is 1.76. The molecular weight excluding hydrogens is 181 g/mol. The first-order chi connectivity index (χ1) is 6.91. The van der Waals surface area contributed by atoms with Gasteiger partial charge in [-0.15, -0.1) is 0 Å². The van der Waals surface area contributed by atoms with Gasteiger partial charge in [-0.25, -0.2) is 0 Å². The van der Waals surface area contributed by atoms with Gasteiger partial charge >= 0.3 is 0 Å². The third-order valence-electron chi connectivity index (χ3n) is 1.76. The Morgan fingerprint density at radius 1 is 1.13 bits per heavy atom. The molecule has 0 heterocycles. The second kappa shape index (κ2) is 7.53. The van der Waals surface area contributed by atoms with E-state index in [1.165, 1.54) is 17.5 Å². The van der Waals surface area contributed by atoms with Crippen molar-refractivity contribution in [1.82, 2.24) is 4.90 Å². The van der Waals surface area contributed by atoms with E-state index in [0.717, 1.165) is 5.82 Å². The highest BCUT2D eigenvalue weighted by molar-refractivity contribution is 6.11. The molecule has 0 aliphatic rings. The quantitative estimate of drug-likeness (QED) is 0.669. The first kappa shape index (κ1) is 14.2. The number of aryl methyl sites for hydroxylation is 1. The maximum absolute atomic E-state index is 2.25. The Morgan fingerprint density at radius 2 is 1.53 bits per heavy atom. The van der Waals surface area contributed by atoms with Crippen LogP contribution in [0.5, 0.6) is 0 Å². The molecule has 0 saturated heterocycles. The van der Waals surface area contributed by atoms with Crippen molar-refractivity contribution in [3.63, 3.8) is 0 Å². The van der Waals surface area contributed by atoms with Crippen LogP contribution < -0.4 is 0 Å². The predicted molar refractivity (Wildman–Crippen MR) is 72.5 cm³/mol. The molecule has 0 saturated carbocycles. The highest BCUT2D eigenvalue weighted by atomic mass is 15.0. The van der Waals surface area contributed by atoms with Gasteiger partial charge in [-0.3, -0.25) is 0 Å². The van der Waals surface area contributed by atoms with E-state index in [0.29, 0.717) is 0 Å². The molecule has 1 unspecified atom stereocenters. The smallest absolute Gasteiger partial charge is 0.105 e. The number of hydrogen-bond acceptors (Lipinski definition) is 1. The molecule has 0 radical (unpaired) electrons. The summed E-state index contributed by atoms with van der Waals surface area (Å²) in [5.41, 5.74) is 2.79. The zero-order chi connectivity index (χ0) is 11.8. The molecular formula is C13H24BN. The molecule has 1 aromatic carbocycles. The van der Waals surface area contributed by atoms with Crippen LogP contribution in [0.3, 0.4) is 0 Å². The first-order valence-electron chi connectivity index (χ1n) is 5.58. The summed E-state index contributed by atoms with van der Waals surface area (Å²) in [4.78, 5) is 2.00. The van der Waals surface area contributed by atoms with E-state index in [2.05, 4.69) is 46.0 Å². The fourth-order valence-corrected chi connectivity index (χ4v) is 1.20. The topological polar surface area (TPSA) is 3.24 Å². The van der Waals surface area contributed by atoms with Crippen molar-refractivity contribution < 1.29 is 0 Å². The van der Waals surface area contributed by atoms with Crippen molar-refractivity contribution >= 4 is 7.85 Å². The Hall–Kier alpha value is -0.755. The SMILES string of the molecule is BC(C)Cc1ccc(C)cc1.CN(C)C. The maximum atomic E-state index is 2.25. The molecule has 1 aromatic rings. The van der Waals surface area contributed by atoms with E-state index >= 15 is 0 Å². The summed E-state index contributed by atoms with van der Waals surface area (Å²) >= 11 is 0. The van der Waals surface area contributed by atoms with Gasteiger partial charge in [0.05, 0.1) is 0 Å². The van der Waals surface area contributed by atoms with Crippen LogP contribution in [0.25, 0.3) is 0 Å². The van der Waals surface area contributed by atoms with Crippen molar-refractivity contribution in [2.45, 2.75) is 26.1 Å². The summed E-state index contributed by atoms with van der Waals surface area (Å²) < 4.78 is 0. The second-order valence-corrected chi connectivity index (χ2v) is 4.93. The Bertz CT molecular complexity index is 249. The summed E-state index contributed by atoms with van der Waals surface area (Å²) in [6, 6.07) is 8.79. The minimum absolute atomic E-state index is 0.762. The fourth-order valence-electron chi connectivity index (χ4n) is 1.20. The van der Waals surface area contributed by atoms with Gasteiger partial charge in [0.2, 0.25) is 0 Å². The summed E-state index contributed by atoms with van der Waals surface area (Å²) in [5.74, 6) is 0.762. The van der Waals surface area contributed by atoms with Crippen molar-refractivity contribution in [3.8, 4) is 0 Å². The lowest BCUT2D eigenvalue weighted by atomic mass is 9.84. The monoisotopic (exact) mass is 205 g/mol. The van der Waals surface area contributed by atoms with Gasteiger partial charge in [0.1, 0.15) is 7.85 Å². The van der Waals surface area contributed by atoms with Crippen LogP contribution in [0, 0.1) is 6.92 Å². The summed E-state index contributed by atoms with van der Waals surface area (Å²) in [5, 5.41) is 0. The molecule has 2 heteroatoms. The molecule has 1 nitrogen and oxygen atoms in total. The van der Waals surface area contributed by atoms with Crippen LogP contribution in [0.15, 0.2) is 24.3 Å². The minimum Gasteiger partial charge on any atom is -0.312 e. The van der Waals surface area contributed by atoms with E-state index in [9.17, 15) is 0 Å². The molecule has 0 bridgehead atoms. The first-order valence-corrected chi connectivity index (χ1v) is 5.58. The van der Waals surface area contributed by atoms with Gasteiger partial charge in [0, 0.05) is 0 Å². The van der Waals surface area contributed by atoms with Gasteiger partial charge in [-0.05, 0) is 40.1 Å².